The number of thiophene rings is 1. The van der Waals surface area contributed by atoms with Crippen LogP contribution in [-0.4, -0.2) is 11.3 Å². The van der Waals surface area contributed by atoms with Crippen LogP contribution in [0.25, 0.3) is 21.3 Å². The molecule has 0 unspecified atom stereocenters. The molecule has 0 amide bonds. The molecule has 0 aliphatic carbocycles. The summed E-state index contributed by atoms with van der Waals surface area (Å²) in [5.74, 6) is 0. The molecule has 94 valence electrons. The number of nitrogens with zero attached hydrogens (tertiary/aromatic N) is 1. The topological polar surface area (TPSA) is 30.0 Å². The zero-order valence-electron chi connectivity index (χ0n) is 10.6. The molecule has 2 nitrogen and oxygen atoms in total. The lowest BCUT2D eigenvalue weighted by Crippen LogP contribution is -1.85. The molecule has 0 aliphatic rings. The van der Waals surface area contributed by atoms with Crippen molar-refractivity contribution in [2.45, 2.75) is 13.3 Å². The van der Waals surface area contributed by atoms with Crippen LogP contribution in [0.1, 0.15) is 22.2 Å². The van der Waals surface area contributed by atoms with Crippen LogP contribution >= 0.6 is 11.3 Å². The molecule has 3 rings (SSSR count). The van der Waals surface area contributed by atoms with E-state index in [1.807, 2.05) is 24.4 Å². The van der Waals surface area contributed by atoms with Crippen molar-refractivity contribution >= 4 is 28.5 Å². The standard InChI is InChI=1S/C16H13NOS/c1-2-12-4-6-16(19-12)13-7-8-17-15-5-3-11(10-18)9-14(13)15/h3-10H,2H2,1H3. The first-order valence-corrected chi connectivity index (χ1v) is 7.06. The largest absolute Gasteiger partial charge is 0.298 e. The summed E-state index contributed by atoms with van der Waals surface area (Å²) >= 11 is 1.80. The minimum Gasteiger partial charge on any atom is -0.298 e. The molecule has 2 aromatic heterocycles. The number of carbonyl (C=O) groups is 1. The molecular weight excluding hydrogens is 254 g/mol. The smallest absolute Gasteiger partial charge is 0.150 e. The van der Waals surface area contributed by atoms with Crippen LogP contribution in [0.15, 0.2) is 42.6 Å². The minimum atomic E-state index is 0.689. The maximum absolute atomic E-state index is 10.9. The number of pyridine rings is 1. The highest BCUT2D eigenvalue weighted by Gasteiger charge is 2.07. The van der Waals surface area contributed by atoms with Crippen LogP contribution in [0.3, 0.4) is 0 Å². The minimum absolute atomic E-state index is 0.689. The Labute approximate surface area is 115 Å². The van der Waals surface area contributed by atoms with Crippen LogP contribution in [-0.2, 0) is 6.42 Å². The average Bonchev–Trinajstić information content (AvgIpc) is 2.94. The molecule has 0 N–H and O–H groups in total. The second-order valence-electron chi connectivity index (χ2n) is 4.37. The first-order chi connectivity index (χ1) is 9.31. The van der Waals surface area contributed by atoms with Crippen molar-refractivity contribution in [2.24, 2.45) is 0 Å². The van der Waals surface area contributed by atoms with Gasteiger partial charge in [-0.2, -0.15) is 0 Å². The molecular formula is C16H13NOS. The van der Waals surface area contributed by atoms with Crippen LogP contribution in [0.2, 0.25) is 0 Å². The molecule has 0 saturated carbocycles. The van der Waals surface area contributed by atoms with Crippen LogP contribution in [0.4, 0.5) is 0 Å². The maximum atomic E-state index is 10.9. The van der Waals surface area contributed by atoms with Gasteiger partial charge in [0.25, 0.3) is 0 Å². The normalized spacial score (nSPS) is 10.8. The van der Waals surface area contributed by atoms with Gasteiger partial charge in [0.15, 0.2) is 0 Å². The van der Waals surface area contributed by atoms with Crippen molar-refractivity contribution in [3.05, 3.63) is 53.0 Å². The van der Waals surface area contributed by atoms with Crippen LogP contribution in [0.5, 0.6) is 0 Å². The lowest BCUT2D eigenvalue weighted by Gasteiger charge is -2.04. The Morgan fingerprint density at radius 2 is 2.11 bits per heavy atom. The number of rotatable bonds is 3. The van der Waals surface area contributed by atoms with Gasteiger partial charge in [-0.3, -0.25) is 9.78 Å². The zero-order valence-corrected chi connectivity index (χ0v) is 11.4. The van der Waals surface area contributed by atoms with E-state index in [4.69, 9.17) is 0 Å². The number of hydrogen-bond donors (Lipinski definition) is 0. The fourth-order valence-corrected chi connectivity index (χ4v) is 3.15. The van der Waals surface area contributed by atoms with Crippen molar-refractivity contribution in [3.8, 4) is 10.4 Å². The van der Waals surface area contributed by atoms with Gasteiger partial charge in [0.2, 0.25) is 0 Å². The fraction of sp³-hybridized carbons (Fsp3) is 0.125. The van der Waals surface area contributed by atoms with Gasteiger partial charge in [-0.1, -0.05) is 6.92 Å². The van der Waals surface area contributed by atoms with E-state index in [2.05, 4.69) is 24.0 Å². The first kappa shape index (κ1) is 12.1. The molecule has 0 spiro atoms. The van der Waals surface area contributed by atoms with Gasteiger partial charge in [-0.05, 0) is 42.8 Å². The predicted octanol–water partition coefficient (Wildman–Crippen LogP) is 4.34. The number of carbonyl (C=O) groups excluding carboxylic acids is 1. The quantitative estimate of drug-likeness (QED) is 0.661. The van der Waals surface area contributed by atoms with E-state index < -0.39 is 0 Å². The Morgan fingerprint density at radius 3 is 2.84 bits per heavy atom. The lowest BCUT2D eigenvalue weighted by molar-refractivity contribution is 0.112. The van der Waals surface area contributed by atoms with Gasteiger partial charge in [0, 0.05) is 32.5 Å². The SMILES string of the molecule is CCc1ccc(-c2ccnc3ccc(C=O)cc23)s1. The van der Waals surface area contributed by atoms with Crippen LogP contribution in [0, 0.1) is 0 Å². The van der Waals surface area contributed by atoms with E-state index in [1.54, 1.807) is 17.4 Å². The number of aryl methyl sites for hydroxylation is 1. The molecule has 0 fully saturated rings. The molecule has 19 heavy (non-hydrogen) atoms. The summed E-state index contributed by atoms with van der Waals surface area (Å²) in [5.41, 5.74) is 2.77. The first-order valence-electron chi connectivity index (χ1n) is 6.25. The van der Waals surface area contributed by atoms with Crippen molar-refractivity contribution in [1.29, 1.82) is 0 Å². The molecule has 2 heterocycles. The predicted molar refractivity (Wildman–Crippen MR) is 79.8 cm³/mol. The monoisotopic (exact) mass is 267 g/mol. The van der Waals surface area contributed by atoms with Gasteiger partial charge in [0.1, 0.15) is 6.29 Å². The van der Waals surface area contributed by atoms with Crippen molar-refractivity contribution in [2.75, 3.05) is 0 Å². The zero-order chi connectivity index (χ0) is 13.2. The number of aldehydes is 1. The van der Waals surface area contributed by atoms with Gasteiger partial charge >= 0.3 is 0 Å². The highest BCUT2D eigenvalue weighted by Crippen LogP contribution is 2.33. The van der Waals surface area contributed by atoms with Gasteiger partial charge < -0.3 is 0 Å². The average molecular weight is 267 g/mol. The molecule has 0 bridgehead atoms. The molecule has 0 saturated heterocycles. The summed E-state index contributed by atoms with van der Waals surface area (Å²) in [5, 5.41) is 1.04. The summed E-state index contributed by atoms with van der Waals surface area (Å²) in [4.78, 5) is 17.9. The summed E-state index contributed by atoms with van der Waals surface area (Å²) in [6.45, 7) is 2.16. The number of benzene rings is 1. The Kier molecular flexibility index (Phi) is 3.13. The van der Waals surface area contributed by atoms with Crippen molar-refractivity contribution < 1.29 is 4.79 Å². The highest BCUT2D eigenvalue weighted by molar-refractivity contribution is 7.15. The lowest BCUT2D eigenvalue weighted by atomic mass is 10.1. The Morgan fingerprint density at radius 1 is 1.21 bits per heavy atom. The van der Waals surface area contributed by atoms with Crippen molar-refractivity contribution in [1.82, 2.24) is 4.98 Å². The third-order valence-corrected chi connectivity index (χ3v) is 4.44. The van der Waals surface area contributed by atoms with E-state index in [0.717, 1.165) is 29.2 Å². The van der Waals surface area contributed by atoms with E-state index in [0.29, 0.717) is 5.56 Å². The summed E-state index contributed by atoms with van der Waals surface area (Å²) in [6.07, 6.45) is 3.75. The number of aromatic nitrogens is 1. The van der Waals surface area contributed by atoms with E-state index in [9.17, 15) is 4.79 Å². The van der Waals surface area contributed by atoms with Crippen molar-refractivity contribution in [3.63, 3.8) is 0 Å². The molecule has 1 aromatic carbocycles. The molecule has 3 heteroatoms. The molecule has 0 atom stereocenters. The Hall–Kier alpha value is -2.00. The summed E-state index contributed by atoms with van der Waals surface area (Å²) in [7, 11) is 0. The van der Waals surface area contributed by atoms with E-state index >= 15 is 0 Å². The highest BCUT2D eigenvalue weighted by atomic mass is 32.1. The van der Waals surface area contributed by atoms with Crippen LogP contribution < -0.4 is 0 Å². The van der Waals surface area contributed by atoms with E-state index in [-0.39, 0.29) is 0 Å². The number of fused-ring (bicyclic) bond motifs is 1. The molecule has 3 aromatic rings. The number of hydrogen-bond acceptors (Lipinski definition) is 3. The Bertz CT molecular complexity index is 745. The van der Waals surface area contributed by atoms with E-state index in [1.165, 1.54) is 9.75 Å². The second-order valence-corrected chi connectivity index (χ2v) is 5.54. The maximum Gasteiger partial charge on any atom is 0.150 e. The van der Waals surface area contributed by atoms with Gasteiger partial charge in [-0.15, -0.1) is 11.3 Å². The summed E-state index contributed by atoms with van der Waals surface area (Å²) in [6, 6.07) is 11.9. The van der Waals surface area contributed by atoms with Gasteiger partial charge in [0.05, 0.1) is 5.52 Å². The van der Waals surface area contributed by atoms with Gasteiger partial charge in [-0.25, -0.2) is 0 Å². The molecule has 0 radical (unpaired) electrons. The Balaban J connectivity index is 2.24. The summed E-state index contributed by atoms with van der Waals surface area (Å²) < 4.78 is 0. The molecule has 0 aliphatic heterocycles. The fourth-order valence-electron chi connectivity index (χ4n) is 2.16. The second kappa shape index (κ2) is 4.94. The third-order valence-electron chi connectivity index (χ3n) is 3.18. The third kappa shape index (κ3) is 2.17.